The predicted octanol–water partition coefficient (Wildman–Crippen LogP) is 6.06. The molecule has 2 N–H and O–H groups in total. The van der Waals surface area contributed by atoms with Crippen molar-refractivity contribution in [3.05, 3.63) is 83.3 Å². The molecular weight excluding hydrogens is 407 g/mol. The lowest BCUT2D eigenvalue weighted by Crippen LogP contribution is -1.99. The number of phenolic OH excluding ortho intramolecular Hbond substituents is 1. The van der Waals surface area contributed by atoms with Gasteiger partial charge in [-0.2, -0.15) is 0 Å². The molecule has 0 fully saturated rings. The number of pyridine rings is 1. The van der Waals surface area contributed by atoms with E-state index in [1.165, 1.54) is 6.07 Å². The number of hydrogen-bond donors (Lipinski definition) is 2. The van der Waals surface area contributed by atoms with Crippen LogP contribution in [0.4, 0.5) is 15.8 Å². The summed E-state index contributed by atoms with van der Waals surface area (Å²) < 4.78 is 25.7. The van der Waals surface area contributed by atoms with Crippen molar-refractivity contribution in [2.75, 3.05) is 12.4 Å². The van der Waals surface area contributed by atoms with E-state index < -0.39 is 5.82 Å². The van der Waals surface area contributed by atoms with Crippen molar-refractivity contribution in [1.29, 1.82) is 0 Å². The molecular formula is C23H18ClFN2O3. The number of phenols is 1. The first-order valence-electron chi connectivity index (χ1n) is 9.13. The van der Waals surface area contributed by atoms with Gasteiger partial charge in [0.25, 0.3) is 0 Å². The Morgan fingerprint density at radius 3 is 2.60 bits per heavy atom. The molecule has 4 rings (SSSR count). The summed E-state index contributed by atoms with van der Waals surface area (Å²) in [7, 11) is 1.55. The second-order valence-electron chi connectivity index (χ2n) is 6.56. The maximum absolute atomic E-state index is 14.3. The third-order valence-corrected chi connectivity index (χ3v) is 4.87. The van der Waals surface area contributed by atoms with E-state index in [-0.39, 0.29) is 16.5 Å². The smallest absolute Gasteiger partial charge is 0.163 e. The van der Waals surface area contributed by atoms with Crippen molar-refractivity contribution < 1.29 is 19.0 Å². The zero-order valence-electron chi connectivity index (χ0n) is 16.0. The molecule has 4 aromatic rings. The quantitative estimate of drug-likeness (QED) is 0.393. The average molecular weight is 425 g/mol. The molecule has 0 aliphatic rings. The number of halogens is 2. The van der Waals surface area contributed by atoms with Crippen molar-refractivity contribution in [3.63, 3.8) is 0 Å². The van der Waals surface area contributed by atoms with Gasteiger partial charge in [-0.15, -0.1) is 0 Å². The minimum atomic E-state index is -0.586. The second kappa shape index (κ2) is 8.47. The van der Waals surface area contributed by atoms with E-state index in [0.29, 0.717) is 34.7 Å². The fraction of sp³-hybridized carbons (Fsp3) is 0.0870. The van der Waals surface area contributed by atoms with Gasteiger partial charge in [0.15, 0.2) is 11.5 Å². The molecule has 1 heterocycles. The Labute approximate surface area is 177 Å². The van der Waals surface area contributed by atoms with Gasteiger partial charge in [0.05, 0.1) is 23.3 Å². The predicted molar refractivity (Wildman–Crippen MR) is 115 cm³/mol. The van der Waals surface area contributed by atoms with Crippen molar-refractivity contribution in [2.45, 2.75) is 6.61 Å². The van der Waals surface area contributed by atoms with Gasteiger partial charge in [-0.1, -0.05) is 41.9 Å². The molecule has 0 spiro atoms. The highest BCUT2D eigenvalue weighted by Gasteiger charge is 2.13. The van der Waals surface area contributed by atoms with Crippen LogP contribution in [0.3, 0.4) is 0 Å². The van der Waals surface area contributed by atoms with Crippen LogP contribution in [0.1, 0.15) is 5.56 Å². The van der Waals surface area contributed by atoms with Gasteiger partial charge in [-0.05, 0) is 23.8 Å². The van der Waals surface area contributed by atoms with Crippen LogP contribution >= 0.6 is 11.6 Å². The molecule has 0 atom stereocenters. The van der Waals surface area contributed by atoms with Gasteiger partial charge >= 0.3 is 0 Å². The van der Waals surface area contributed by atoms with Gasteiger partial charge in [0.1, 0.15) is 18.2 Å². The van der Waals surface area contributed by atoms with Gasteiger partial charge in [-0.25, -0.2) is 4.39 Å². The first-order valence-corrected chi connectivity index (χ1v) is 9.51. The van der Waals surface area contributed by atoms with E-state index in [2.05, 4.69) is 10.3 Å². The number of methoxy groups -OCH3 is 1. The highest BCUT2D eigenvalue weighted by atomic mass is 35.5. The second-order valence-corrected chi connectivity index (χ2v) is 6.97. The number of ether oxygens (including phenoxy) is 2. The summed E-state index contributed by atoms with van der Waals surface area (Å²) in [5.41, 5.74) is 2.35. The highest BCUT2D eigenvalue weighted by Crippen LogP contribution is 2.37. The fourth-order valence-corrected chi connectivity index (χ4v) is 3.20. The minimum Gasteiger partial charge on any atom is -0.506 e. The lowest BCUT2D eigenvalue weighted by atomic mass is 10.1. The molecule has 5 nitrogen and oxygen atoms in total. The fourth-order valence-electron chi connectivity index (χ4n) is 3.05. The Morgan fingerprint density at radius 1 is 1.03 bits per heavy atom. The van der Waals surface area contributed by atoms with E-state index in [1.54, 1.807) is 31.5 Å². The first kappa shape index (κ1) is 19.8. The Kier molecular flexibility index (Phi) is 5.59. The van der Waals surface area contributed by atoms with Crippen molar-refractivity contribution in [3.8, 4) is 17.2 Å². The molecule has 152 valence electrons. The van der Waals surface area contributed by atoms with E-state index >= 15 is 0 Å². The topological polar surface area (TPSA) is 63.6 Å². The Hall–Kier alpha value is -3.51. The van der Waals surface area contributed by atoms with E-state index in [1.807, 2.05) is 30.3 Å². The van der Waals surface area contributed by atoms with Crippen LogP contribution in [-0.2, 0) is 6.61 Å². The molecule has 0 amide bonds. The molecule has 0 saturated carbocycles. The molecule has 0 unspecified atom stereocenters. The normalized spacial score (nSPS) is 10.8. The molecule has 7 heteroatoms. The average Bonchev–Trinajstić information content (AvgIpc) is 2.76. The number of rotatable bonds is 6. The Bertz CT molecular complexity index is 1200. The van der Waals surface area contributed by atoms with Crippen molar-refractivity contribution >= 4 is 33.9 Å². The molecule has 3 aromatic carbocycles. The monoisotopic (exact) mass is 424 g/mol. The zero-order chi connectivity index (χ0) is 21.1. The van der Waals surface area contributed by atoms with E-state index in [0.717, 1.165) is 11.6 Å². The molecule has 0 aliphatic heterocycles. The molecule has 30 heavy (non-hydrogen) atoms. The van der Waals surface area contributed by atoms with Gasteiger partial charge in [0, 0.05) is 29.4 Å². The molecule has 0 bridgehead atoms. The summed E-state index contributed by atoms with van der Waals surface area (Å²) >= 11 is 5.76. The van der Waals surface area contributed by atoms with E-state index in [9.17, 15) is 9.50 Å². The standard InChI is InChI=1S/C23H18ClFN2O3/c1-29-22-9-15-18(27-20-11-21(28)16(24)10-17(20)25)7-8-26-19(15)12-23(22)30-13-14-5-3-2-4-6-14/h2-12,28H,13H2,1H3,(H,26,27). The lowest BCUT2D eigenvalue weighted by molar-refractivity contribution is 0.285. The van der Waals surface area contributed by atoms with E-state index in [4.69, 9.17) is 21.1 Å². The summed E-state index contributed by atoms with van der Waals surface area (Å²) in [4.78, 5) is 4.39. The van der Waals surface area contributed by atoms with Crippen LogP contribution in [-0.4, -0.2) is 17.2 Å². The van der Waals surface area contributed by atoms with Crippen LogP contribution in [0, 0.1) is 5.82 Å². The lowest BCUT2D eigenvalue weighted by Gasteiger charge is -2.15. The van der Waals surface area contributed by atoms with Crippen LogP contribution in [0.2, 0.25) is 5.02 Å². The molecule has 0 saturated heterocycles. The number of nitrogens with zero attached hydrogens (tertiary/aromatic N) is 1. The number of aromatic nitrogens is 1. The first-order chi connectivity index (χ1) is 14.5. The number of anilines is 2. The summed E-state index contributed by atoms with van der Waals surface area (Å²) in [6.07, 6.45) is 1.60. The number of hydrogen-bond acceptors (Lipinski definition) is 5. The SMILES string of the molecule is COc1cc2c(Nc3cc(O)c(Cl)cc3F)ccnc2cc1OCc1ccccc1. The Balaban J connectivity index is 1.68. The number of fused-ring (bicyclic) bond motifs is 1. The largest absolute Gasteiger partial charge is 0.506 e. The number of aromatic hydroxyl groups is 1. The Morgan fingerprint density at radius 2 is 1.83 bits per heavy atom. The summed E-state index contributed by atoms with van der Waals surface area (Å²) in [5, 5.41) is 13.4. The summed E-state index contributed by atoms with van der Waals surface area (Å²) in [5.74, 6) is 0.272. The number of benzene rings is 3. The van der Waals surface area contributed by atoms with Gasteiger partial charge in [0.2, 0.25) is 0 Å². The summed E-state index contributed by atoms with van der Waals surface area (Å²) in [6, 6.07) is 17.3. The maximum Gasteiger partial charge on any atom is 0.163 e. The van der Waals surface area contributed by atoms with Gasteiger partial charge in [-0.3, -0.25) is 4.98 Å². The van der Waals surface area contributed by atoms with Crippen LogP contribution < -0.4 is 14.8 Å². The zero-order valence-corrected chi connectivity index (χ0v) is 16.8. The van der Waals surface area contributed by atoms with Crippen molar-refractivity contribution in [2.24, 2.45) is 0 Å². The third-order valence-electron chi connectivity index (χ3n) is 4.57. The summed E-state index contributed by atoms with van der Waals surface area (Å²) in [6.45, 7) is 0.385. The minimum absolute atomic E-state index is 0.0560. The number of nitrogens with one attached hydrogen (secondary N) is 1. The van der Waals surface area contributed by atoms with Crippen molar-refractivity contribution in [1.82, 2.24) is 4.98 Å². The van der Waals surface area contributed by atoms with Crippen LogP contribution in [0.15, 0.2) is 66.9 Å². The van der Waals surface area contributed by atoms with Crippen LogP contribution in [0.5, 0.6) is 17.2 Å². The molecule has 0 radical (unpaired) electrons. The highest BCUT2D eigenvalue weighted by molar-refractivity contribution is 6.32. The van der Waals surface area contributed by atoms with Crippen LogP contribution in [0.25, 0.3) is 10.9 Å². The third kappa shape index (κ3) is 4.09. The molecule has 1 aromatic heterocycles. The molecule has 0 aliphatic carbocycles. The maximum atomic E-state index is 14.3. The van der Waals surface area contributed by atoms with Gasteiger partial charge < -0.3 is 19.9 Å².